The lowest BCUT2D eigenvalue weighted by Gasteiger charge is -2.28. The molecule has 44 heteroatoms. The third kappa shape index (κ3) is 31.6. The van der Waals surface area contributed by atoms with Gasteiger partial charge in [-0.3, -0.25) is 133 Å². The second-order valence-electron chi connectivity index (χ2n) is 34.8. The molecule has 8 fully saturated rings. The molecule has 144 heavy (non-hydrogen) atoms. The van der Waals surface area contributed by atoms with E-state index < -0.39 is 22.0 Å². The molecule has 16 amide bonds. The highest BCUT2D eigenvalue weighted by molar-refractivity contribution is 8.19. The minimum absolute atomic E-state index is 0.0478. The van der Waals surface area contributed by atoms with Gasteiger partial charge in [0, 0.05) is 44.4 Å². The van der Waals surface area contributed by atoms with Crippen LogP contribution in [-0.4, -0.2) is 189 Å². The van der Waals surface area contributed by atoms with Crippen molar-refractivity contribution in [3.05, 3.63) is 257 Å². The van der Waals surface area contributed by atoms with Crippen molar-refractivity contribution in [3.8, 4) is 34.5 Å². The zero-order chi connectivity index (χ0) is 105. The monoisotopic (exact) mass is 2110 g/mol. The average Bonchev–Trinajstić information content (AvgIpc) is 1.09. The number of rotatable bonds is 18. The van der Waals surface area contributed by atoms with Gasteiger partial charge in [-0.15, -0.1) is 8.78 Å². The first-order valence-corrected chi connectivity index (χ1v) is 51.1. The number of benzene rings is 7. The molecule has 7 aromatic carbocycles. The molecule has 0 aliphatic carbocycles. The third-order valence-electron chi connectivity index (χ3n) is 21.3. The van der Waals surface area contributed by atoms with Gasteiger partial charge in [0.1, 0.15) is 23.0 Å². The summed E-state index contributed by atoms with van der Waals surface area (Å²) in [6.45, 7) is 23.0. The maximum absolute atomic E-state index is 12.8. The number of imide groups is 8. The van der Waals surface area contributed by atoms with Crippen molar-refractivity contribution < 1.29 is 115 Å². The normalized spacial score (nSPS) is 19.4. The minimum Gasteiger partial charge on any atom is -0.508 e. The number of pyridine rings is 1. The number of phenolic OH excluding ortho intramolecular Hbond substituents is 3. The molecule has 11 heterocycles. The van der Waals surface area contributed by atoms with E-state index in [2.05, 4.69) is 116 Å². The summed E-state index contributed by atoms with van der Waals surface area (Å²) in [4.78, 5) is 198. The number of thioether (sulfide) groups is 8. The summed E-state index contributed by atoms with van der Waals surface area (Å²) < 4.78 is 39.4. The first-order valence-electron chi connectivity index (χ1n) is 44.3. The third-order valence-corrected chi connectivity index (χ3v) is 28.9. The molecule has 5 unspecified atom stereocenters. The Bertz CT molecular complexity index is 6560. The minimum atomic E-state index is -3.66. The molecule has 2 aromatic heterocycles. The van der Waals surface area contributed by atoms with Crippen LogP contribution in [0.4, 0.5) is 47.1 Å². The van der Waals surface area contributed by atoms with Gasteiger partial charge in [-0.1, -0.05) is 197 Å². The van der Waals surface area contributed by atoms with E-state index in [1.54, 1.807) is 98.7 Å². The Balaban J connectivity index is 0.000000157. The lowest BCUT2D eigenvalue weighted by atomic mass is 9.78. The van der Waals surface area contributed by atoms with Gasteiger partial charge < -0.3 is 35.3 Å². The molecule has 0 saturated carbocycles. The average molecular weight is 2120 g/mol. The van der Waals surface area contributed by atoms with Gasteiger partial charge in [-0.25, -0.2) is 0 Å². The van der Waals surface area contributed by atoms with Crippen LogP contribution in [0, 0.1) is 27.7 Å². The van der Waals surface area contributed by atoms with Crippen molar-refractivity contribution in [1.29, 1.82) is 0 Å². The number of nitrogens with one attached hydrogen (secondary N) is 6. The second-order valence-corrected chi connectivity index (χ2v) is 43.7. The van der Waals surface area contributed by atoms with E-state index in [4.69, 9.17) is 15.6 Å². The van der Waals surface area contributed by atoms with E-state index in [0.29, 0.717) is 64.0 Å². The summed E-state index contributed by atoms with van der Waals surface area (Å²) in [5.41, 5.74) is 19.3. The summed E-state index contributed by atoms with van der Waals surface area (Å²) in [5.74, 6) is -0.706. The fourth-order valence-electron chi connectivity index (χ4n) is 14.6. The number of amides is 16. The largest absolute Gasteiger partial charge is 0.586 e. The highest BCUT2D eigenvalue weighted by Crippen LogP contribution is 2.45. The zero-order valence-electron chi connectivity index (χ0n) is 79.5. The van der Waals surface area contributed by atoms with E-state index in [-0.39, 0.29) is 153 Å². The van der Waals surface area contributed by atoms with E-state index in [0.717, 1.165) is 178 Å². The predicted octanol–water partition coefficient (Wildman–Crippen LogP) is 17.3. The van der Waals surface area contributed by atoms with E-state index >= 15 is 0 Å². The number of nitrogens with zero attached hydrogens (tertiary/aromatic N) is 5. The Morgan fingerprint density at radius 3 is 1.30 bits per heavy atom. The van der Waals surface area contributed by atoms with Gasteiger partial charge in [0.25, 0.3) is 59.6 Å². The van der Waals surface area contributed by atoms with Gasteiger partial charge in [0.05, 0.1) is 59.1 Å². The van der Waals surface area contributed by atoms with Gasteiger partial charge in [-0.05, 0) is 258 Å². The van der Waals surface area contributed by atoms with E-state index in [1.807, 2.05) is 95.3 Å². The van der Waals surface area contributed by atoms with Crippen molar-refractivity contribution in [1.82, 2.24) is 56.7 Å². The number of ether oxygens (including phenoxy) is 3. The Kier molecular flexibility index (Phi) is 38.5. The summed E-state index contributed by atoms with van der Waals surface area (Å²) >= 11 is 7.86. The number of methoxy groups -OCH3 is 1. The molecule has 0 spiro atoms. The SMILES string of the molecule is CC(C)(C)c1cc(CC2SC(=O)NC2=O)cc(C(C)(C)C)c1O.CCCN1C(=O)S/C(=C\c2ccncc2)C1=O.COc1cccc(/C=C2\SC(=O)N(CCN)C2=O)c1.Cc1cc(C)cc(CC2SC(=O)NC2=O)c1.Cc1cc(CC2SC(=O)NC2=O)cc(C)c1O.O=C1NC(=O)/C(=C/c2ccc3nccnc3c2)S1.O=C1NC(=O)C(Cc2ccc(O)cc2)S1.O=C1NC(=O)C(Cc2ccc3c(c2)OC(F)(F)O3)S1. The Morgan fingerprint density at radius 2 is 0.854 bits per heavy atom. The second kappa shape index (κ2) is 49.9. The number of hydrogen-bond acceptors (Lipinski definition) is 34. The quantitative estimate of drug-likeness (QED) is 0.0357. The first kappa shape index (κ1) is 111. The number of alkyl halides is 2. The number of nitrogens with two attached hydrogens (primary N) is 1. The lowest BCUT2D eigenvalue weighted by molar-refractivity contribution is -0.286. The molecule has 11 N–H and O–H groups in total. The number of carbonyl (C=O) groups is 16. The number of fused-ring (bicyclic) bond motifs is 2. The summed E-state index contributed by atoms with van der Waals surface area (Å²) in [5, 5.41) is 38.7. The van der Waals surface area contributed by atoms with Crippen LogP contribution in [0.3, 0.4) is 0 Å². The molecular weight excluding hydrogens is 2020 g/mol. The fourth-order valence-corrected chi connectivity index (χ4v) is 21.4. The van der Waals surface area contributed by atoms with Crippen molar-refractivity contribution in [3.63, 3.8) is 0 Å². The van der Waals surface area contributed by atoms with Crippen LogP contribution >= 0.6 is 94.1 Å². The molecule has 8 saturated heterocycles. The van der Waals surface area contributed by atoms with Crippen molar-refractivity contribution in [2.45, 2.75) is 158 Å². The summed E-state index contributed by atoms with van der Waals surface area (Å²) in [7, 11) is 1.58. The standard InChI is InChI=1S/C18H25NO3S.C13H14N2O3S.C12H7N3O2S.C12H12N2O2S.C12H13NO3S.C12H13NO2S.C11H7F2NO4S.C10H9NO3S/c1-17(2,3)11-7-10(8-12(14(11)20)18(4,5)6)9-13-15(21)19-16(22)23-13;1-18-10-4-2-3-9(7-10)8-11-12(16)15(6-5-14)13(17)19-11;16-11-10(18-12(17)15-11)6-7-1-2-8-9(5-7)14-4-3-13-8;1-2-7-14-11(15)10(17-12(14)16)8-9-3-5-13-6-4-9;1-6-3-8(4-7(2)10(6)14)5-9-11(15)13-12(16)17-9;1-7-3-8(2)5-9(4-7)6-10-11(14)13-12(15)16-10;12-11(13)17-6-2-1-5(3-7(6)18-11)4-8-9(15)14-10(16)19-8;12-7-3-1-6(2-4-7)5-8-9(13)11-10(14)15-8/h7-8,13,20H,9H2,1-6H3,(H,19,21,22);2-4,7-8H,5-6,14H2,1H3;1-6H,(H,15,16,17);3-6,8H,2,7H2,1H3;3-4,9,14H,5H2,1-2H3,(H,13,15,16);3-5,10H,6H2,1-2H3,(H,13,14,15);1-3,8H,4H2,(H,14,15,16);1-4,8,12H,5H2,(H,11,13,14)/b;11-8-;10-6-;10-8-;;;;. The van der Waals surface area contributed by atoms with Crippen LogP contribution < -0.4 is 51.8 Å². The molecule has 18 rings (SSSR count). The summed E-state index contributed by atoms with van der Waals surface area (Å²) in [6, 6.07) is 41.1. The number of carbonyl (C=O) groups excluding carboxylic acids is 16. The molecule has 5 atom stereocenters. The predicted molar refractivity (Wildman–Crippen MR) is 553 cm³/mol. The van der Waals surface area contributed by atoms with E-state index in [9.17, 15) is 95.7 Å². The van der Waals surface area contributed by atoms with Crippen LogP contribution in [0.2, 0.25) is 0 Å². The van der Waals surface area contributed by atoms with Crippen LogP contribution in [0.1, 0.15) is 133 Å². The maximum atomic E-state index is 12.8. The van der Waals surface area contributed by atoms with Crippen LogP contribution in [0.25, 0.3) is 29.3 Å². The Hall–Kier alpha value is -13.2. The van der Waals surface area contributed by atoms with Crippen molar-refractivity contribution in [2.24, 2.45) is 5.73 Å². The highest BCUT2D eigenvalue weighted by Gasteiger charge is 2.45. The molecular formula is C100H100F2N12O22S8. The number of aryl methyl sites for hydroxylation is 4. The Morgan fingerprint density at radius 1 is 0.431 bits per heavy atom. The van der Waals surface area contributed by atoms with Crippen molar-refractivity contribution >= 4 is 213 Å². The number of hydrogen-bond donors (Lipinski definition) is 10. The molecule has 0 bridgehead atoms. The number of aromatic nitrogens is 3. The molecule has 0 radical (unpaired) electrons. The fraction of sp³-hybridized carbons (Fsp3) is 0.290. The lowest BCUT2D eigenvalue weighted by Crippen LogP contribution is -2.33. The first-order chi connectivity index (χ1) is 68.1. The van der Waals surface area contributed by atoms with E-state index in [1.165, 1.54) is 28.2 Å². The molecule has 9 aliphatic heterocycles. The van der Waals surface area contributed by atoms with Crippen LogP contribution in [0.15, 0.2) is 179 Å². The van der Waals surface area contributed by atoms with Crippen LogP contribution in [-0.2, 0) is 81.3 Å². The number of phenols is 3. The van der Waals surface area contributed by atoms with Gasteiger partial charge in [0.15, 0.2) is 11.5 Å². The smallest absolute Gasteiger partial charge is 0.508 e. The van der Waals surface area contributed by atoms with Gasteiger partial charge in [-0.2, -0.15) is 0 Å². The summed E-state index contributed by atoms with van der Waals surface area (Å²) in [6.07, 6.45) is 11.1. The molecule has 34 nitrogen and oxygen atoms in total. The highest BCUT2D eigenvalue weighted by atomic mass is 32.2. The Labute approximate surface area is 859 Å². The van der Waals surface area contributed by atoms with Crippen LogP contribution in [0.5, 0.6) is 34.5 Å². The molecule has 9 aliphatic rings. The molecule has 9 aromatic rings. The van der Waals surface area contributed by atoms with Crippen molar-refractivity contribution in [2.75, 3.05) is 26.7 Å². The topological polar surface area (TPSA) is 505 Å². The van der Waals surface area contributed by atoms with Gasteiger partial charge >= 0.3 is 6.29 Å². The van der Waals surface area contributed by atoms with Gasteiger partial charge in [0.2, 0.25) is 29.5 Å². The number of aromatic hydroxyl groups is 3. The number of halogens is 2. The molecule has 754 valence electrons. The zero-order valence-corrected chi connectivity index (χ0v) is 86.0. The maximum Gasteiger partial charge on any atom is 0.586 e.